The molecule has 80 heavy (non-hydrogen) atoms. The maximum Gasteiger partial charge on any atom is 0.399 e. The summed E-state index contributed by atoms with van der Waals surface area (Å²) in [5.74, 6) is -4.21. The van der Waals surface area contributed by atoms with Crippen LogP contribution in [0.1, 0.15) is 89.8 Å². The molecule has 3 aromatic rings. The number of fused-ring (bicyclic) bond motifs is 3. The zero-order valence-electron chi connectivity index (χ0n) is 44.4. The number of nitrogens with zero attached hydrogens (tertiary/aromatic N) is 4. The van der Waals surface area contributed by atoms with Crippen LogP contribution in [0, 0.1) is 0 Å². The number of carbonyl (C=O) groups excluding carboxylic acids is 8. The molecule has 5 aliphatic rings. The molecule has 5 aliphatic heterocycles. The van der Waals surface area contributed by atoms with Crippen LogP contribution in [0.3, 0.4) is 0 Å². The van der Waals surface area contributed by atoms with Gasteiger partial charge in [-0.05, 0) is 88.9 Å². The average molecular weight is 1140 g/mol. The Labute approximate surface area is 459 Å². The van der Waals surface area contributed by atoms with Gasteiger partial charge in [-0.25, -0.2) is 0 Å². The molecular formula is C52H70F2N11O14P. The minimum absolute atomic E-state index is 0.0549. The second kappa shape index (κ2) is 26.4. The lowest BCUT2D eigenvalue weighted by atomic mass is 10.0. The zero-order chi connectivity index (χ0) is 57.3. The SMILES string of the molecule is CN1CC[C@H]2CC[C@@H](C(=O)N[C@@H](CCC(N)=O)C(=O)NCCOCCOCCOCCN3CCC(Nc4cccc5c4CN(C4CCC(=O)NC4=O)C5=O)CC3)N2C(=O)[C@@H](NC(=O)c2cc3cc(C(F)(F)P(=O)(O)O)ccc3[nH]2)C1. The number of halogens is 2. The van der Waals surface area contributed by atoms with Crippen molar-refractivity contribution in [2.45, 2.75) is 106 Å². The predicted octanol–water partition coefficient (Wildman–Crippen LogP) is 0.442. The van der Waals surface area contributed by atoms with Crippen LogP contribution in [0.5, 0.6) is 0 Å². The summed E-state index contributed by atoms with van der Waals surface area (Å²) in [7, 11) is -4.08. The van der Waals surface area contributed by atoms with Crippen LogP contribution in [0.2, 0.25) is 0 Å². The number of likely N-dealkylation sites (N-methyl/N-ethyl adjacent to an activating group) is 1. The molecule has 10 N–H and O–H groups in total. The Bertz CT molecular complexity index is 2850. The summed E-state index contributed by atoms with van der Waals surface area (Å²) in [4.78, 5) is 133. The molecule has 4 fully saturated rings. The third-order valence-electron chi connectivity index (χ3n) is 15.3. The number of nitrogens with one attached hydrogen (secondary N) is 6. The molecule has 1 aromatic heterocycles. The summed E-state index contributed by atoms with van der Waals surface area (Å²) in [6.45, 7) is 5.33. The van der Waals surface area contributed by atoms with Crippen molar-refractivity contribution in [3.05, 3.63) is 64.8 Å². The van der Waals surface area contributed by atoms with Gasteiger partial charge in [0, 0.05) is 97.5 Å². The van der Waals surface area contributed by atoms with Gasteiger partial charge in [0.1, 0.15) is 29.9 Å². The van der Waals surface area contributed by atoms with Gasteiger partial charge in [0.15, 0.2) is 0 Å². The first kappa shape index (κ1) is 59.7. The number of H-pyrrole nitrogens is 1. The van der Waals surface area contributed by atoms with Crippen molar-refractivity contribution in [1.82, 2.24) is 45.9 Å². The molecular weight excluding hydrogens is 1070 g/mol. The molecule has 6 heterocycles. The van der Waals surface area contributed by atoms with Crippen molar-refractivity contribution in [1.29, 1.82) is 0 Å². The van der Waals surface area contributed by atoms with E-state index >= 15 is 0 Å². The Hall–Kier alpha value is -6.45. The lowest BCUT2D eigenvalue weighted by Crippen LogP contribution is -2.61. The first-order chi connectivity index (χ1) is 38.2. The third-order valence-corrected chi connectivity index (χ3v) is 16.3. The number of ether oxygens (including phenoxy) is 3. The molecule has 5 atom stereocenters. The third kappa shape index (κ3) is 14.5. The Morgan fingerprint density at radius 3 is 2.34 bits per heavy atom. The minimum atomic E-state index is -5.85. The zero-order valence-corrected chi connectivity index (χ0v) is 45.3. The number of likely N-dealkylation sites (tertiary alicyclic amines) is 1. The van der Waals surface area contributed by atoms with E-state index in [9.17, 15) is 61.5 Å². The highest BCUT2D eigenvalue weighted by molar-refractivity contribution is 7.52. The van der Waals surface area contributed by atoms with Crippen LogP contribution >= 0.6 is 7.60 Å². The van der Waals surface area contributed by atoms with Crippen molar-refractivity contribution in [3.63, 3.8) is 0 Å². The monoisotopic (exact) mass is 1140 g/mol. The number of piperidine rings is 2. The maximum atomic E-state index is 14.5. The lowest BCUT2D eigenvalue weighted by molar-refractivity contribution is -0.144. The van der Waals surface area contributed by atoms with Crippen LogP contribution in [-0.2, 0) is 59.8 Å². The number of carbonyl (C=O) groups is 8. The smallest absolute Gasteiger partial charge is 0.382 e. The number of amides is 8. The number of alkyl halides is 2. The number of hydrogen-bond donors (Lipinski definition) is 9. The largest absolute Gasteiger partial charge is 0.399 e. The van der Waals surface area contributed by atoms with Crippen molar-refractivity contribution < 1.29 is 75.7 Å². The number of imide groups is 1. The molecule has 0 saturated carbocycles. The number of aromatic nitrogens is 1. The maximum absolute atomic E-state index is 14.5. The van der Waals surface area contributed by atoms with E-state index in [0.29, 0.717) is 57.7 Å². The Morgan fingerprint density at radius 2 is 1.62 bits per heavy atom. The summed E-state index contributed by atoms with van der Waals surface area (Å²) in [6, 6.07) is 5.44. The number of aromatic amines is 1. The predicted molar refractivity (Wildman–Crippen MR) is 283 cm³/mol. The molecule has 436 valence electrons. The van der Waals surface area contributed by atoms with Crippen LogP contribution in [0.25, 0.3) is 10.9 Å². The van der Waals surface area contributed by atoms with E-state index in [1.54, 1.807) is 18.0 Å². The Morgan fingerprint density at radius 1 is 0.900 bits per heavy atom. The molecule has 4 saturated heterocycles. The van der Waals surface area contributed by atoms with Crippen molar-refractivity contribution in [2.75, 3.05) is 91.3 Å². The highest BCUT2D eigenvalue weighted by Gasteiger charge is 2.51. The number of primary amides is 1. The van der Waals surface area contributed by atoms with E-state index in [-0.39, 0.29) is 99.1 Å². The fourth-order valence-corrected chi connectivity index (χ4v) is 11.4. The molecule has 0 radical (unpaired) electrons. The molecule has 0 spiro atoms. The fourth-order valence-electron chi connectivity index (χ4n) is 10.9. The highest BCUT2D eigenvalue weighted by atomic mass is 31.2. The minimum Gasteiger partial charge on any atom is -0.382 e. The Balaban J connectivity index is 0.711. The van der Waals surface area contributed by atoms with Gasteiger partial charge in [-0.1, -0.05) is 12.1 Å². The van der Waals surface area contributed by atoms with Crippen LogP contribution in [0.15, 0.2) is 42.5 Å². The second-order valence-corrected chi connectivity index (χ2v) is 22.5. The summed E-state index contributed by atoms with van der Waals surface area (Å²) >= 11 is 0. The van der Waals surface area contributed by atoms with Crippen molar-refractivity contribution >= 4 is 71.4 Å². The van der Waals surface area contributed by atoms with Gasteiger partial charge in [-0.3, -0.25) is 48.2 Å². The van der Waals surface area contributed by atoms with Crippen LogP contribution < -0.4 is 32.3 Å². The molecule has 0 bridgehead atoms. The Kier molecular flexibility index (Phi) is 19.7. The summed E-state index contributed by atoms with van der Waals surface area (Å²) in [6.07, 6.45) is 3.21. The van der Waals surface area contributed by atoms with Gasteiger partial charge in [0.05, 0.1) is 39.6 Å². The van der Waals surface area contributed by atoms with E-state index in [2.05, 4.69) is 36.5 Å². The molecule has 28 heteroatoms. The summed E-state index contributed by atoms with van der Waals surface area (Å²) in [5, 5.41) is 14.2. The number of rotatable bonds is 25. The van der Waals surface area contributed by atoms with Gasteiger partial charge in [-0.2, -0.15) is 8.78 Å². The van der Waals surface area contributed by atoms with Crippen LogP contribution in [0.4, 0.5) is 14.5 Å². The normalized spacial score (nSPS) is 21.9. The van der Waals surface area contributed by atoms with E-state index in [1.807, 2.05) is 17.0 Å². The molecule has 1 unspecified atom stereocenters. The average Bonchev–Trinajstić information content (AvgIpc) is 4.20. The molecule has 8 amide bonds. The van der Waals surface area contributed by atoms with E-state index in [1.165, 1.54) is 11.0 Å². The van der Waals surface area contributed by atoms with E-state index < -0.39 is 78.4 Å². The van der Waals surface area contributed by atoms with E-state index in [0.717, 1.165) is 61.9 Å². The van der Waals surface area contributed by atoms with Gasteiger partial charge in [0.25, 0.3) is 11.8 Å². The molecule has 2 aromatic carbocycles. The molecule has 8 rings (SSSR count). The van der Waals surface area contributed by atoms with Gasteiger partial charge < -0.3 is 75.6 Å². The van der Waals surface area contributed by atoms with Gasteiger partial charge in [-0.15, -0.1) is 0 Å². The van der Waals surface area contributed by atoms with Crippen molar-refractivity contribution in [2.24, 2.45) is 5.73 Å². The summed E-state index contributed by atoms with van der Waals surface area (Å²) in [5.41, 5.74) is 2.42. The fraction of sp³-hybridized carbons (Fsp3) is 0.577. The number of nitrogens with two attached hydrogens (primary N) is 1. The highest BCUT2D eigenvalue weighted by Crippen LogP contribution is 2.59. The standard InChI is InChI=1S/C52H70F2N11O14P/c1-62-17-15-34-6-9-43(65(34)51(73)41(30-62)60-47(69)40-28-31-27-32(5-7-37(31)58-40)52(53,54)80(74,75)76)49(71)59-39(8-11-44(55)66)46(68)56-16-21-77-23-25-79-26-24-78-22-20-63-18-13-33(14-19-63)57-38-4-2-3-35-36(38)29-64(50(35)72)42-10-12-45(67)61-48(42)70/h2-5,7,27-28,33-34,39,41-43,57-58H,6,8-26,29-30H2,1H3,(H2,55,66)(H,56,68)(H,59,71)(H,60,69)(H,61,67,70)(H2,74,75,76)/t34-,39+,41+,42?,43+/m1/s1. The number of benzene rings is 2. The van der Waals surface area contributed by atoms with E-state index in [4.69, 9.17) is 19.9 Å². The lowest BCUT2D eigenvalue weighted by Gasteiger charge is -2.37. The summed E-state index contributed by atoms with van der Waals surface area (Å²) < 4.78 is 57.4. The van der Waals surface area contributed by atoms with Crippen molar-refractivity contribution in [3.8, 4) is 0 Å². The molecule has 0 aliphatic carbocycles. The first-order valence-corrected chi connectivity index (χ1v) is 28.5. The first-order valence-electron chi connectivity index (χ1n) is 26.9. The quantitative estimate of drug-likeness (QED) is 0.0316. The molecule has 25 nitrogen and oxygen atoms in total. The van der Waals surface area contributed by atoms with Gasteiger partial charge >= 0.3 is 13.3 Å². The topological polar surface area (TPSA) is 337 Å². The second-order valence-electron chi connectivity index (χ2n) is 20.8. The van der Waals surface area contributed by atoms with Crippen LogP contribution in [-0.4, -0.2) is 204 Å². The van der Waals surface area contributed by atoms with Gasteiger partial charge in [0.2, 0.25) is 35.4 Å². The number of anilines is 1. The number of hydrogen-bond acceptors (Lipinski definition) is 15.